The van der Waals surface area contributed by atoms with Gasteiger partial charge in [-0.2, -0.15) is 0 Å². The summed E-state index contributed by atoms with van der Waals surface area (Å²) >= 11 is 1.30. The minimum Gasteiger partial charge on any atom is -0.449 e. The number of benzene rings is 1. The fourth-order valence-corrected chi connectivity index (χ4v) is 3.27. The zero-order valence-electron chi connectivity index (χ0n) is 17.0. The van der Waals surface area contributed by atoms with E-state index in [0.717, 1.165) is 30.5 Å². The van der Waals surface area contributed by atoms with E-state index in [-0.39, 0.29) is 6.61 Å². The summed E-state index contributed by atoms with van der Waals surface area (Å²) in [5, 5.41) is 9.13. The third-order valence-electron chi connectivity index (χ3n) is 4.12. The first kappa shape index (κ1) is 21.5. The highest BCUT2D eigenvalue weighted by Crippen LogP contribution is 2.18. The molecule has 3 rings (SSSR count). The maximum absolute atomic E-state index is 11.8. The Balaban J connectivity index is 1.58. The molecule has 9 heteroatoms. The predicted octanol–water partition coefficient (Wildman–Crippen LogP) is 5.15. The Hall–Kier alpha value is -3.20. The van der Waals surface area contributed by atoms with Crippen molar-refractivity contribution in [3.05, 3.63) is 64.8 Å². The van der Waals surface area contributed by atoms with Crippen LogP contribution in [0, 0.1) is 6.92 Å². The van der Waals surface area contributed by atoms with Crippen molar-refractivity contribution in [1.29, 1.82) is 0 Å². The molecule has 0 fully saturated rings. The average Bonchev–Trinajstić information content (AvgIpc) is 3.38. The van der Waals surface area contributed by atoms with E-state index in [0.29, 0.717) is 28.9 Å². The molecule has 0 radical (unpaired) electrons. The first-order chi connectivity index (χ1) is 14.7. The number of ether oxygens (including phenoxy) is 1. The highest BCUT2D eigenvalue weighted by atomic mass is 32.1. The summed E-state index contributed by atoms with van der Waals surface area (Å²) in [6.45, 7) is 4.49. The number of oxazole rings is 1. The number of aryl methyl sites for hydroxylation is 1. The second kappa shape index (κ2) is 11.1. The normalized spacial score (nSPS) is 11.3. The maximum Gasteiger partial charge on any atom is 0.413 e. The molecule has 0 saturated carbocycles. The van der Waals surface area contributed by atoms with E-state index < -0.39 is 6.09 Å². The standard InChI is InChI=1S/C21H24N4O4S/c1-3-4-8-11-27-21(26)24-20-23-17(13-30-20)12-29-25-18(16-9-6-5-7-10-16)19-15(2)22-14-28-19/h5-7,9-10,13-14H,3-4,8,11-12H2,1-2H3,(H,23,24,26). The van der Waals surface area contributed by atoms with E-state index in [9.17, 15) is 4.79 Å². The van der Waals surface area contributed by atoms with E-state index in [2.05, 4.69) is 27.4 Å². The van der Waals surface area contributed by atoms with Gasteiger partial charge in [0, 0.05) is 10.9 Å². The Kier molecular flexibility index (Phi) is 7.96. The monoisotopic (exact) mass is 428 g/mol. The van der Waals surface area contributed by atoms with Gasteiger partial charge in [0.05, 0.1) is 18.0 Å². The number of thiazole rings is 1. The van der Waals surface area contributed by atoms with Gasteiger partial charge >= 0.3 is 6.09 Å². The number of carbonyl (C=O) groups excluding carboxylic acids is 1. The molecule has 0 aliphatic heterocycles. The lowest BCUT2D eigenvalue weighted by molar-refractivity contribution is 0.128. The van der Waals surface area contributed by atoms with Crippen LogP contribution >= 0.6 is 11.3 Å². The van der Waals surface area contributed by atoms with Crippen molar-refractivity contribution in [2.45, 2.75) is 39.7 Å². The minimum atomic E-state index is -0.502. The molecule has 0 saturated heterocycles. The molecule has 0 atom stereocenters. The van der Waals surface area contributed by atoms with E-state index >= 15 is 0 Å². The lowest BCUT2D eigenvalue weighted by Gasteiger charge is -2.05. The molecule has 0 aliphatic carbocycles. The Bertz CT molecular complexity index is 968. The number of anilines is 1. The number of nitrogens with one attached hydrogen (secondary N) is 1. The van der Waals surface area contributed by atoms with Crippen LogP contribution in [-0.4, -0.2) is 28.4 Å². The van der Waals surface area contributed by atoms with Crippen LogP contribution in [0.25, 0.3) is 0 Å². The fraction of sp³-hybridized carbons (Fsp3) is 0.333. The van der Waals surface area contributed by atoms with E-state index in [1.165, 1.54) is 17.7 Å². The van der Waals surface area contributed by atoms with Gasteiger partial charge in [0.1, 0.15) is 0 Å². The topological polar surface area (TPSA) is 98.8 Å². The number of amides is 1. The predicted molar refractivity (Wildman–Crippen MR) is 115 cm³/mol. The smallest absolute Gasteiger partial charge is 0.413 e. The van der Waals surface area contributed by atoms with Crippen LogP contribution in [0.1, 0.15) is 48.9 Å². The van der Waals surface area contributed by atoms with Gasteiger partial charge in [0.25, 0.3) is 0 Å². The highest BCUT2D eigenvalue weighted by Gasteiger charge is 2.15. The summed E-state index contributed by atoms with van der Waals surface area (Å²) in [5.41, 5.74) is 2.77. The van der Waals surface area contributed by atoms with Crippen LogP contribution in [-0.2, 0) is 16.2 Å². The number of unbranched alkanes of at least 4 members (excludes halogenated alkanes) is 2. The zero-order chi connectivity index (χ0) is 21.2. The molecule has 3 aromatic rings. The average molecular weight is 429 g/mol. The quantitative estimate of drug-likeness (QED) is 0.272. The first-order valence-electron chi connectivity index (χ1n) is 9.71. The van der Waals surface area contributed by atoms with Gasteiger partial charge in [0.2, 0.25) is 0 Å². The van der Waals surface area contributed by atoms with Crippen LogP contribution in [0.3, 0.4) is 0 Å². The molecule has 8 nitrogen and oxygen atoms in total. The maximum atomic E-state index is 11.8. The van der Waals surface area contributed by atoms with Gasteiger partial charge in [0.15, 0.2) is 29.6 Å². The van der Waals surface area contributed by atoms with E-state index in [1.54, 1.807) is 5.38 Å². The van der Waals surface area contributed by atoms with Crippen LogP contribution in [0.5, 0.6) is 0 Å². The number of hydrogen-bond donors (Lipinski definition) is 1. The number of nitrogens with zero attached hydrogens (tertiary/aromatic N) is 3. The summed E-state index contributed by atoms with van der Waals surface area (Å²) in [5.74, 6) is 0.549. The van der Waals surface area contributed by atoms with Gasteiger partial charge in [-0.25, -0.2) is 14.8 Å². The van der Waals surface area contributed by atoms with Crippen molar-refractivity contribution in [3.63, 3.8) is 0 Å². The molecule has 2 aromatic heterocycles. The SMILES string of the molecule is CCCCCOC(=O)Nc1nc(CON=C(c2ccccc2)c2ocnc2C)cs1. The molecule has 1 N–H and O–H groups in total. The Morgan fingerprint density at radius 1 is 1.27 bits per heavy atom. The Morgan fingerprint density at radius 2 is 2.10 bits per heavy atom. The summed E-state index contributed by atoms with van der Waals surface area (Å²) in [6.07, 6.45) is 3.84. The zero-order valence-corrected chi connectivity index (χ0v) is 17.8. The molecule has 30 heavy (non-hydrogen) atoms. The van der Waals surface area contributed by atoms with Gasteiger partial charge < -0.3 is 14.0 Å². The molecule has 0 bridgehead atoms. The number of carbonyl (C=O) groups is 1. The van der Waals surface area contributed by atoms with Gasteiger partial charge in [-0.1, -0.05) is 55.3 Å². The van der Waals surface area contributed by atoms with E-state index in [1.807, 2.05) is 37.3 Å². The lowest BCUT2D eigenvalue weighted by atomic mass is 10.1. The Morgan fingerprint density at radius 3 is 2.83 bits per heavy atom. The summed E-state index contributed by atoms with van der Waals surface area (Å²) < 4.78 is 10.6. The van der Waals surface area contributed by atoms with Crippen molar-refractivity contribution < 1.29 is 18.8 Å². The van der Waals surface area contributed by atoms with Gasteiger partial charge in [-0.15, -0.1) is 11.3 Å². The van der Waals surface area contributed by atoms with Gasteiger partial charge in [-0.05, 0) is 13.3 Å². The molecular formula is C21H24N4O4S. The Labute approximate surface area is 178 Å². The van der Waals surface area contributed by atoms with Crippen LogP contribution in [0.2, 0.25) is 0 Å². The molecule has 0 spiro atoms. The second-order valence-electron chi connectivity index (χ2n) is 6.46. The largest absolute Gasteiger partial charge is 0.449 e. The molecule has 158 valence electrons. The molecule has 0 unspecified atom stereocenters. The van der Waals surface area contributed by atoms with Gasteiger partial charge in [-0.3, -0.25) is 5.32 Å². The molecular weight excluding hydrogens is 404 g/mol. The van der Waals surface area contributed by atoms with Crippen molar-refractivity contribution in [3.8, 4) is 0 Å². The first-order valence-corrected chi connectivity index (χ1v) is 10.6. The fourth-order valence-electron chi connectivity index (χ4n) is 2.58. The summed E-state index contributed by atoms with van der Waals surface area (Å²) in [4.78, 5) is 25.7. The van der Waals surface area contributed by atoms with Crippen LogP contribution in [0.15, 0.2) is 51.7 Å². The summed E-state index contributed by atoms with van der Waals surface area (Å²) in [7, 11) is 0. The number of hydrogen-bond acceptors (Lipinski definition) is 8. The molecule has 2 heterocycles. The van der Waals surface area contributed by atoms with E-state index in [4.69, 9.17) is 14.0 Å². The minimum absolute atomic E-state index is 0.146. The third kappa shape index (κ3) is 6.15. The highest BCUT2D eigenvalue weighted by molar-refractivity contribution is 7.13. The molecule has 0 aliphatic rings. The van der Waals surface area contributed by atoms with Crippen molar-refractivity contribution >= 4 is 28.3 Å². The molecule has 1 aromatic carbocycles. The van der Waals surface area contributed by atoms with Crippen molar-refractivity contribution in [2.24, 2.45) is 5.16 Å². The van der Waals surface area contributed by atoms with Crippen LogP contribution < -0.4 is 5.32 Å². The number of aromatic nitrogens is 2. The third-order valence-corrected chi connectivity index (χ3v) is 4.92. The molecule has 1 amide bonds. The van der Waals surface area contributed by atoms with Crippen LogP contribution in [0.4, 0.5) is 9.93 Å². The van der Waals surface area contributed by atoms with Crippen molar-refractivity contribution in [2.75, 3.05) is 11.9 Å². The number of rotatable bonds is 10. The second-order valence-corrected chi connectivity index (χ2v) is 7.32. The lowest BCUT2D eigenvalue weighted by Crippen LogP contribution is -2.14. The number of oxime groups is 1. The van der Waals surface area contributed by atoms with Crippen molar-refractivity contribution in [1.82, 2.24) is 9.97 Å². The summed E-state index contributed by atoms with van der Waals surface area (Å²) in [6, 6.07) is 9.59.